The van der Waals surface area contributed by atoms with Crippen molar-refractivity contribution in [1.82, 2.24) is 10.3 Å². The van der Waals surface area contributed by atoms with E-state index in [2.05, 4.69) is 48.4 Å². The number of cyclic esters (lactones) is 1. The van der Waals surface area contributed by atoms with Gasteiger partial charge in [-0.1, -0.05) is 57.0 Å². The first kappa shape index (κ1) is 27.5. The smallest absolute Gasteiger partial charge is 0.328 e. The fourth-order valence-corrected chi connectivity index (χ4v) is 5.13. The molecule has 1 saturated heterocycles. The number of carbonyl (C=O) groups excluding carboxylic acids is 2. The second-order valence-corrected chi connectivity index (χ2v) is 10.2. The van der Waals surface area contributed by atoms with Gasteiger partial charge in [0.15, 0.2) is 17.2 Å². The number of aryl methyl sites for hydroxylation is 1. The maximum absolute atomic E-state index is 13.2. The van der Waals surface area contributed by atoms with E-state index in [0.29, 0.717) is 18.3 Å². The van der Waals surface area contributed by atoms with Gasteiger partial charge in [0.25, 0.3) is 5.91 Å². The SMILES string of the molecule is COc1ccnc(C(=O)NC2CCCC(CCC(C)C)C(CCc3ccccc3)C(C)OC2=O)c1O. The van der Waals surface area contributed by atoms with E-state index in [9.17, 15) is 14.7 Å². The monoisotopic (exact) mass is 496 g/mol. The molecule has 1 amide bonds. The molecule has 7 nitrogen and oxygen atoms in total. The van der Waals surface area contributed by atoms with E-state index >= 15 is 0 Å². The quantitative estimate of drug-likeness (QED) is 0.457. The molecule has 1 aromatic heterocycles. The van der Waals surface area contributed by atoms with Crippen LogP contribution in [0.25, 0.3) is 0 Å². The second-order valence-electron chi connectivity index (χ2n) is 10.2. The lowest BCUT2D eigenvalue weighted by Crippen LogP contribution is -2.43. The highest BCUT2D eigenvalue weighted by molar-refractivity contribution is 5.97. The van der Waals surface area contributed by atoms with Gasteiger partial charge in [0.2, 0.25) is 0 Å². The van der Waals surface area contributed by atoms with Crippen LogP contribution < -0.4 is 10.1 Å². The fourth-order valence-electron chi connectivity index (χ4n) is 5.13. The van der Waals surface area contributed by atoms with Gasteiger partial charge in [-0.3, -0.25) is 4.79 Å². The molecule has 0 radical (unpaired) electrons. The normalized spacial score (nSPS) is 22.8. The molecule has 4 atom stereocenters. The van der Waals surface area contributed by atoms with Crippen molar-refractivity contribution >= 4 is 11.9 Å². The molecule has 196 valence electrons. The number of esters is 1. The molecule has 2 aromatic rings. The first-order chi connectivity index (χ1) is 17.3. The Morgan fingerprint density at radius 1 is 1.19 bits per heavy atom. The van der Waals surface area contributed by atoms with Crippen molar-refractivity contribution in [2.24, 2.45) is 17.8 Å². The van der Waals surface area contributed by atoms with Crippen LogP contribution in [0.2, 0.25) is 0 Å². The molecule has 3 rings (SSSR count). The van der Waals surface area contributed by atoms with Gasteiger partial charge in [-0.25, -0.2) is 9.78 Å². The molecule has 7 heteroatoms. The van der Waals surface area contributed by atoms with Gasteiger partial charge in [-0.15, -0.1) is 0 Å². The summed E-state index contributed by atoms with van der Waals surface area (Å²) in [5.41, 5.74) is 1.11. The van der Waals surface area contributed by atoms with Crippen LogP contribution in [0, 0.1) is 17.8 Å². The molecule has 2 heterocycles. The maximum atomic E-state index is 13.2. The Kier molecular flexibility index (Phi) is 10.1. The minimum absolute atomic E-state index is 0.148. The molecule has 1 aliphatic heterocycles. The third kappa shape index (κ3) is 7.45. The minimum Gasteiger partial charge on any atom is -0.503 e. The molecule has 1 aliphatic rings. The number of hydrogen-bond donors (Lipinski definition) is 2. The van der Waals surface area contributed by atoms with Gasteiger partial charge in [0, 0.05) is 12.3 Å². The lowest BCUT2D eigenvalue weighted by Gasteiger charge is -2.32. The average molecular weight is 497 g/mol. The Bertz CT molecular complexity index is 994. The number of pyridine rings is 1. The van der Waals surface area contributed by atoms with Gasteiger partial charge < -0.3 is 19.9 Å². The van der Waals surface area contributed by atoms with Gasteiger partial charge >= 0.3 is 5.97 Å². The number of benzene rings is 1. The molecule has 0 bridgehead atoms. The van der Waals surface area contributed by atoms with E-state index in [1.54, 1.807) is 0 Å². The third-order valence-electron chi connectivity index (χ3n) is 7.21. The number of rotatable bonds is 9. The summed E-state index contributed by atoms with van der Waals surface area (Å²) in [6, 6.07) is 11.1. The highest BCUT2D eigenvalue weighted by Crippen LogP contribution is 2.34. The van der Waals surface area contributed by atoms with Crippen molar-refractivity contribution in [2.45, 2.75) is 77.9 Å². The van der Waals surface area contributed by atoms with Crippen molar-refractivity contribution in [3.05, 3.63) is 53.9 Å². The Morgan fingerprint density at radius 2 is 1.94 bits per heavy atom. The van der Waals surface area contributed by atoms with Crippen LogP contribution in [0.15, 0.2) is 42.6 Å². The zero-order valence-corrected chi connectivity index (χ0v) is 21.9. The fraction of sp³-hybridized carbons (Fsp3) is 0.552. The number of hydrogen-bond acceptors (Lipinski definition) is 6. The largest absolute Gasteiger partial charge is 0.503 e. The molecule has 2 N–H and O–H groups in total. The number of amides is 1. The van der Waals surface area contributed by atoms with Crippen LogP contribution in [0.3, 0.4) is 0 Å². The van der Waals surface area contributed by atoms with Crippen LogP contribution >= 0.6 is 0 Å². The molecular weight excluding hydrogens is 456 g/mol. The van der Waals surface area contributed by atoms with Crippen LogP contribution in [-0.2, 0) is 16.0 Å². The molecular formula is C29H40N2O5. The first-order valence-corrected chi connectivity index (χ1v) is 13.1. The molecule has 0 spiro atoms. The van der Waals surface area contributed by atoms with E-state index in [0.717, 1.165) is 38.5 Å². The van der Waals surface area contributed by atoms with Crippen molar-refractivity contribution in [3.63, 3.8) is 0 Å². The lowest BCUT2D eigenvalue weighted by atomic mass is 9.77. The Hall–Kier alpha value is -3.09. The third-order valence-corrected chi connectivity index (χ3v) is 7.21. The Balaban J connectivity index is 1.74. The summed E-state index contributed by atoms with van der Waals surface area (Å²) < 4.78 is 11.0. The predicted octanol–water partition coefficient (Wildman–Crippen LogP) is 5.31. The highest BCUT2D eigenvalue weighted by Gasteiger charge is 2.34. The van der Waals surface area contributed by atoms with Crippen molar-refractivity contribution < 1.29 is 24.2 Å². The number of methoxy groups -OCH3 is 1. The topological polar surface area (TPSA) is 97.8 Å². The summed E-state index contributed by atoms with van der Waals surface area (Å²) in [6.45, 7) is 6.46. The average Bonchev–Trinajstić information content (AvgIpc) is 2.91. The molecule has 0 aliphatic carbocycles. The molecule has 0 saturated carbocycles. The first-order valence-electron chi connectivity index (χ1n) is 13.1. The lowest BCUT2D eigenvalue weighted by molar-refractivity contribution is -0.154. The van der Waals surface area contributed by atoms with Gasteiger partial charge in [-0.2, -0.15) is 0 Å². The van der Waals surface area contributed by atoms with Gasteiger partial charge in [-0.05, 0) is 62.3 Å². The maximum Gasteiger partial charge on any atom is 0.328 e. The Morgan fingerprint density at radius 3 is 2.64 bits per heavy atom. The standard InChI is InChI=1S/C29H40N2O5/c1-19(2)13-15-22-11-8-12-24(31-28(33)26-27(32)25(35-4)17-18-30-26)29(34)36-20(3)23(22)16-14-21-9-6-5-7-10-21/h5-7,9-10,17-20,22-24,32H,8,11-16H2,1-4H3,(H,31,33). The van der Waals surface area contributed by atoms with Crippen LogP contribution in [0.1, 0.15) is 75.3 Å². The minimum atomic E-state index is -0.800. The van der Waals surface area contributed by atoms with E-state index in [4.69, 9.17) is 9.47 Å². The summed E-state index contributed by atoms with van der Waals surface area (Å²) in [5, 5.41) is 13.0. The van der Waals surface area contributed by atoms with E-state index in [-0.39, 0.29) is 29.2 Å². The van der Waals surface area contributed by atoms with Gasteiger partial charge in [0.05, 0.1) is 7.11 Å². The van der Waals surface area contributed by atoms with Gasteiger partial charge in [0.1, 0.15) is 12.1 Å². The predicted molar refractivity (Wildman–Crippen MR) is 139 cm³/mol. The zero-order chi connectivity index (χ0) is 26.1. The van der Waals surface area contributed by atoms with Crippen LogP contribution in [0.4, 0.5) is 0 Å². The zero-order valence-electron chi connectivity index (χ0n) is 21.9. The summed E-state index contributed by atoms with van der Waals surface area (Å²) in [4.78, 5) is 30.0. The highest BCUT2D eigenvalue weighted by atomic mass is 16.5. The summed E-state index contributed by atoms with van der Waals surface area (Å²) in [6.07, 6.45) is 7.48. The number of ether oxygens (including phenoxy) is 2. The molecule has 36 heavy (non-hydrogen) atoms. The number of nitrogens with zero attached hydrogens (tertiary/aromatic N) is 1. The number of nitrogens with one attached hydrogen (secondary N) is 1. The van der Waals surface area contributed by atoms with E-state index in [1.165, 1.54) is 24.9 Å². The molecule has 1 fully saturated rings. The summed E-state index contributed by atoms with van der Waals surface area (Å²) >= 11 is 0. The second kappa shape index (κ2) is 13.3. The van der Waals surface area contributed by atoms with Crippen molar-refractivity contribution in [2.75, 3.05) is 7.11 Å². The van der Waals surface area contributed by atoms with Crippen LogP contribution in [-0.4, -0.2) is 41.2 Å². The Labute approximate surface area is 214 Å². The summed E-state index contributed by atoms with van der Waals surface area (Å²) in [7, 11) is 1.40. The number of aromatic hydroxyl groups is 1. The molecule has 1 aromatic carbocycles. The summed E-state index contributed by atoms with van der Waals surface area (Å²) in [5.74, 6) is 0.0287. The van der Waals surface area contributed by atoms with Crippen LogP contribution in [0.5, 0.6) is 11.5 Å². The number of aromatic nitrogens is 1. The van der Waals surface area contributed by atoms with E-state index < -0.39 is 17.9 Å². The van der Waals surface area contributed by atoms with Crippen molar-refractivity contribution in [3.8, 4) is 11.5 Å². The van der Waals surface area contributed by atoms with Crippen molar-refractivity contribution in [1.29, 1.82) is 0 Å². The number of carbonyl (C=O) groups is 2. The van der Waals surface area contributed by atoms with E-state index in [1.807, 2.05) is 13.0 Å². The molecule has 4 unspecified atom stereocenters.